The van der Waals surface area contributed by atoms with Crippen LogP contribution in [0.3, 0.4) is 0 Å². The largest absolute Gasteiger partial charge is 0.388 e. The van der Waals surface area contributed by atoms with Gasteiger partial charge in [0.05, 0.1) is 17.5 Å². The summed E-state index contributed by atoms with van der Waals surface area (Å²) in [4.78, 5) is 14.7. The first-order valence-corrected chi connectivity index (χ1v) is 13.9. The quantitative estimate of drug-likeness (QED) is 0.240. The molecule has 2 aliphatic carbocycles. The molecular weight excluding hydrogens is 516 g/mol. The average Bonchev–Trinajstić information content (AvgIpc) is 2.97. The van der Waals surface area contributed by atoms with Crippen molar-refractivity contribution in [2.45, 2.75) is 25.4 Å². The molecule has 5 aromatic rings. The van der Waals surface area contributed by atoms with E-state index in [9.17, 15) is 9.90 Å². The number of nitrogens with zero attached hydrogens (tertiary/aromatic N) is 1. The smallest absolute Gasteiger partial charge is 0.323 e. The van der Waals surface area contributed by atoms with Crippen molar-refractivity contribution in [3.8, 4) is 11.1 Å². The first-order chi connectivity index (χ1) is 19.5. The Labute approximate surface area is 237 Å². The molecule has 0 heterocycles. The second-order valence-corrected chi connectivity index (χ2v) is 10.9. The fraction of sp³-hybridized carbons (Fsp3) is 0.114. The standard InChI is InChI=1S/C35H27ClN2O2/c36-22-7-3-8-23(20-22)38(35(37)40)34-24-9-2-1-6-21(24)14-15-32(34)27-11-4-10-25-28(27)16-17-30-26-12-5-13-33(39)31(26)19-18-29(25)30/h1-12,14-17,20,33,39H,13,18-19H2,(H2,37,40). The zero-order valence-electron chi connectivity index (χ0n) is 21.8. The Balaban J connectivity index is 1.50. The van der Waals surface area contributed by atoms with Crippen LogP contribution >= 0.6 is 11.6 Å². The van der Waals surface area contributed by atoms with Crippen molar-refractivity contribution in [2.24, 2.45) is 5.73 Å². The minimum atomic E-state index is -0.584. The minimum absolute atomic E-state index is 0.401. The molecule has 0 aromatic heterocycles. The van der Waals surface area contributed by atoms with Crippen molar-refractivity contribution in [2.75, 3.05) is 4.90 Å². The average molecular weight is 543 g/mol. The molecule has 196 valence electrons. The van der Waals surface area contributed by atoms with Gasteiger partial charge in [0.25, 0.3) is 0 Å². The molecule has 40 heavy (non-hydrogen) atoms. The summed E-state index contributed by atoms with van der Waals surface area (Å²) in [5.74, 6) is 0. The summed E-state index contributed by atoms with van der Waals surface area (Å²) in [6, 6.07) is 29.5. The van der Waals surface area contributed by atoms with Crippen LogP contribution in [-0.4, -0.2) is 17.2 Å². The molecule has 0 radical (unpaired) electrons. The van der Waals surface area contributed by atoms with Gasteiger partial charge < -0.3 is 10.8 Å². The van der Waals surface area contributed by atoms with Crippen LogP contribution in [0.4, 0.5) is 16.2 Å². The van der Waals surface area contributed by atoms with E-state index < -0.39 is 12.1 Å². The van der Waals surface area contributed by atoms with E-state index in [4.69, 9.17) is 17.3 Å². The van der Waals surface area contributed by atoms with Gasteiger partial charge in [0, 0.05) is 16.0 Å². The fourth-order valence-electron chi connectivity index (χ4n) is 6.44. The van der Waals surface area contributed by atoms with Crippen LogP contribution in [0.1, 0.15) is 24.0 Å². The van der Waals surface area contributed by atoms with Crippen molar-refractivity contribution >= 4 is 56.1 Å². The maximum Gasteiger partial charge on any atom is 0.323 e. The summed E-state index contributed by atoms with van der Waals surface area (Å²) in [6.07, 6.45) is 6.23. The topological polar surface area (TPSA) is 66.6 Å². The van der Waals surface area contributed by atoms with Crippen LogP contribution in [0, 0.1) is 0 Å². The van der Waals surface area contributed by atoms with Crippen molar-refractivity contribution < 1.29 is 9.90 Å². The molecule has 4 nitrogen and oxygen atoms in total. The zero-order valence-corrected chi connectivity index (χ0v) is 22.5. The van der Waals surface area contributed by atoms with Crippen LogP contribution in [-0.2, 0) is 6.42 Å². The van der Waals surface area contributed by atoms with E-state index in [-0.39, 0.29) is 0 Å². The summed E-state index contributed by atoms with van der Waals surface area (Å²) < 4.78 is 0. The maximum absolute atomic E-state index is 13.1. The molecule has 1 atom stereocenters. The second-order valence-electron chi connectivity index (χ2n) is 10.4. The van der Waals surface area contributed by atoms with Crippen LogP contribution in [0.2, 0.25) is 5.02 Å². The van der Waals surface area contributed by atoms with Gasteiger partial charge in [-0.2, -0.15) is 0 Å². The van der Waals surface area contributed by atoms with Gasteiger partial charge in [-0.15, -0.1) is 0 Å². The lowest BCUT2D eigenvalue weighted by Crippen LogP contribution is -2.32. The molecule has 0 aliphatic heterocycles. The lowest BCUT2D eigenvalue weighted by Gasteiger charge is -2.29. The van der Waals surface area contributed by atoms with Crippen molar-refractivity contribution in [3.05, 3.63) is 125 Å². The Bertz CT molecular complexity index is 1910. The molecule has 7 rings (SSSR count). The number of hydrogen-bond acceptors (Lipinski definition) is 2. The third-order valence-electron chi connectivity index (χ3n) is 8.20. The molecule has 0 spiro atoms. The number of nitrogens with two attached hydrogens (primary N) is 1. The number of aryl methyl sites for hydroxylation is 1. The molecule has 3 N–H and O–H groups in total. The Morgan fingerprint density at radius 1 is 0.825 bits per heavy atom. The summed E-state index contributed by atoms with van der Waals surface area (Å²) in [5.41, 5.74) is 14.1. The van der Waals surface area contributed by atoms with Gasteiger partial charge in [-0.25, -0.2) is 4.79 Å². The highest BCUT2D eigenvalue weighted by molar-refractivity contribution is 6.31. The number of benzene rings is 5. The van der Waals surface area contributed by atoms with Crippen LogP contribution < -0.4 is 10.6 Å². The van der Waals surface area contributed by atoms with Gasteiger partial charge in [0.2, 0.25) is 0 Å². The zero-order chi connectivity index (χ0) is 27.4. The molecule has 2 amide bonds. The predicted octanol–water partition coefficient (Wildman–Crippen LogP) is 8.55. The van der Waals surface area contributed by atoms with Gasteiger partial charge in [-0.05, 0) is 81.5 Å². The SMILES string of the molecule is NC(=O)N(c1cccc(Cl)c1)c1c(-c2cccc3c4c(ccc23)C2=C(CC4)C(O)CC=C2)ccc2ccccc12. The van der Waals surface area contributed by atoms with E-state index in [1.807, 2.05) is 36.4 Å². The second kappa shape index (κ2) is 9.67. The first-order valence-electron chi connectivity index (χ1n) is 13.5. The van der Waals surface area contributed by atoms with Gasteiger partial charge in [0.1, 0.15) is 0 Å². The number of primary amides is 1. The highest BCUT2D eigenvalue weighted by atomic mass is 35.5. The number of aliphatic hydroxyl groups is 1. The third-order valence-corrected chi connectivity index (χ3v) is 8.44. The third kappa shape index (κ3) is 3.91. The van der Waals surface area contributed by atoms with E-state index in [1.54, 1.807) is 17.0 Å². The number of allylic oxidation sites excluding steroid dienone is 2. The van der Waals surface area contributed by atoms with Crippen LogP contribution in [0.25, 0.3) is 38.2 Å². The number of carbonyl (C=O) groups is 1. The Morgan fingerprint density at radius 3 is 2.48 bits per heavy atom. The molecule has 5 aromatic carbocycles. The molecular formula is C35H27ClN2O2. The van der Waals surface area contributed by atoms with Crippen LogP contribution in [0.15, 0.2) is 109 Å². The van der Waals surface area contributed by atoms with Gasteiger partial charge >= 0.3 is 6.03 Å². The molecule has 0 fully saturated rings. The molecule has 1 unspecified atom stereocenters. The predicted molar refractivity (Wildman–Crippen MR) is 165 cm³/mol. The first kappa shape index (κ1) is 24.6. The van der Waals surface area contributed by atoms with E-state index in [0.29, 0.717) is 17.1 Å². The summed E-state index contributed by atoms with van der Waals surface area (Å²) >= 11 is 6.36. The Hall–Kier alpha value is -4.38. The van der Waals surface area contributed by atoms with E-state index >= 15 is 0 Å². The number of fused-ring (bicyclic) bond motifs is 5. The number of anilines is 2. The summed E-state index contributed by atoms with van der Waals surface area (Å²) in [5, 5.41) is 15.3. The van der Waals surface area contributed by atoms with E-state index in [2.05, 4.69) is 54.6 Å². The minimum Gasteiger partial charge on any atom is -0.388 e. The van der Waals surface area contributed by atoms with Crippen molar-refractivity contribution in [1.82, 2.24) is 0 Å². The molecule has 0 saturated carbocycles. The normalized spacial score (nSPS) is 16.2. The van der Waals surface area contributed by atoms with Gasteiger partial charge in [-0.3, -0.25) is 4.90 Å². The van der Waals surface area contributed by atoms with E-state index in [1.165, 1.54) is 16.5 Å². The number of halogens is 1. The van der Waals surface area contributed by atoms with E-state index in [0.717, 1.165) is 57.0 Å². The Morgan fingerprint density at radius 2 is 1.62 bits per heavy atom. The summed E-state index contributed by atoms with van der Waals surface area (Å²) in [7, 11) is 0. The highest BCUT2D eigenvalue weighted by Crippen LogP contribution is 2.46. The molecule has 2 aliphatic rings. The van der Waals surface area contributed by atoms with Crippen LogP contribution in [0.5, 0.6) is 0 Å². The number of carbonyl (C=O) groups excluding carboxylic acids is 1. The number of aliphatic hydroxyl groups excluding tert-OH is 1. The lowest BCUT2D eigenvalue weighted by molar-refractivity contribution is 0.209. The highest BCUT2D eigenvalue weighted by Gasteiger charge is 2.27. The van der Waals surface area contributed by atoms with Gasteiger partial charge in [-0.1, -0.05) is 96.5 Å². The molecule has 0 saturated heterocycles. The number of rotatable bonds is 3. The number of amides is 2. The van der Waals surface area contributed by atoms with Crippen molar-refractivity contribution in [1.29, 1.82) is 0 Å². The van der Waals surface area contributed by atoms with Crippen molar-refractivity contribution in [3.63, 3.8) is 0 Å². The fourth-order valence-corrected chi connectivity index (χ4v) is 6.62. The molecule has 5 heteroatoms. The number of hydrogen-bond donors (Lipinski definition) is 2. The Kier molecular flexibility index (Phi) is 5.96. The number of urea groups is 1. The monoisotopic (exact) mass is 542 g/mol. The van der Waals surface area contributed by atoms with Gasteiger partial charge in [0.15, 0.2) is 0 Å². The molecule has 0 bridgehead atoms. The maximum atomic E-state index is 13.1. The lowest BCUT2D eigenvalue weighted by atomic mass is 9.78. The summed E-state index contributed by atoms with van der Waals surface area (Å²) in [6.45, 7) is 0.